The van der Waals surface area contributed by atoms with Crippen molar-refractivity contribution in [3.8, 4) is 0 Å². The number of fused-ring (bicyclic) bond motifs is 1. The SMILES string of the molecule is CC1(C)O[C@H]2O[C@H](COC(=O)c3ccccc3)[C@@](C)(F)[C@H]2O1. The summed E-state index contributed by atoms with van der Waals surface area (Å²) in [6, 6.07) is 8.53. The zero-order valence-corrected chi connectivity index (χ0v) is 12.7. The third-order valence-corrected chi connectivity index (χ3v) is 3.92. The number of halogens is 1. The van der Waals surface area contributed by atoms with Gasteiger partial charge < -0.3 is 18.9 Å². The molecule has 1 aromatic carbocycles. The summed E-state index contributed by atoms with van der Waals surface area (Å²) in [5, 5.41) is 0. The van der Waals surface area contributed by atoms with Gasteiger partial charge in [0.25, 0.3) is 0 Å². The minimum atomic E-state index is -1.80. The van der Waals surface area contributed by atoms with Crippen molar-refractivity contribution < 1.29 is 28.1 Å². The lowest BCUT2D eigenvalue weighted by Gasteiger charge is -2.27. The van der Waals surface area contributed by atoms with Gasteiger partial charge in [-0.25, -0.2) is 9.18 Å². The van der Waals surface area contributed by atoms with Crippen molar-refractivity contribution in [2.45, 2.75) is 50.7 Å². The van der Waals surface area contributed by atoms with Crippen LogP contribution < -0.4 is 0 Å². The molecular formula is C16H19FO5. The van der Waals surface area contributed by atoms with Crippen LogP contribution in [0.2, 0.25) is 0 Å². The number of rotatable bonds is 3. The van der Waals surface area contributed by atoms with Crippen LogP contribution in [0, 0.1) is 0 Å². The molecule has 0 aliphatic carbocycles. The summed E-state index contributed by atoms with van der Waals surface area (Å²) < 4.78 is 36.6. The average molecular weight is 310 g/mol. The molecule has 2 fully saturated rings. The number of esters is 1. The molecule has 0 bridgehead atoms. The van der Waals surface area contributed by atoms with Gasteiger partial charge in [0.2, 0.25) is 0 Å². The summed E-state index contributed by atoms with van der Waals surface area (Å²) in [6.07, 6.45) is -2.54. The topological polar surface area (TPSA) is 54.0 Å². The number of alkyl halides is 1. The van der Waals surface area contributed by atoms with Crippen LogP contribution in [-0.2, 0) is 18.9 Å². The number of hydrogen-bond acceptors (Lipinski definition) is 5. The van der Waals surface area contributed by atoms with Crippen LogP contribution in [0.15, 0.2) is 30.3 Å². The molecule has 0 saturated carbocycles. The van der Waals surface area contributed by atoms with Gasteiger partial charge in [0, 0.05) is 0 Å². The van der Waals surface area contributed by atoms with Crippen molar-refractivity contribution in [2.75, 3.05) is 6.61 Å². The van der Waals surface area contributed by atoms with Crippen LogP contribution in [0.3, 0.4) is 0 Å². The third kappa shape index (κ3) is 2.74. The Hall–Kier alpha value is -1.50. The zero-order chi connectivity index (χ0) is 16.0. The predicted molar refractivity (Wildman–Crippen MR) is 74.9 cm³/mol. The van der Waals surface area contributed by atoms with Crippen molar-refractivity contribution in [3.05, 3.63) is 35.9 Å². The smallest absolute Gasteiger partial charge is 0.338 e. The highest BCUT2D eigenvalue weighted by Gasteiger charge is 2.62. The van der Waals surface area contributed by atoms with Crippen LogP contribution in [0.5, 0.6) is 0 Å². The van der Waals surface area contributed by atoms with Crippen LogP contribution in [0.1, 0.15) is 31.1 Å². The number of benzene rings is 1. The van der Waals surface area contributed by atoms with Crippen LogP contribution in [0.25, 0.3) is 0 Å². The van der Waals surface area contributed by atoms with E-state index in [9.17, 15) is 9.18 Å². The molecule has 0 unspecified atom stereocenters. The Morgan fingerprint density at radius 2 is 1.91 bits per heavy atom. The third-order valence-electron chi connectivity index (χ3n) is 3.92. The molecule has 4 atom stereocenters. The second kappa shape index (κ2) is 5.30. The first-order chi connectivity index (χ1) is 10.3. The van der Waals surface area contributed by atoms with Gasteiger partial charge >= 0.3 is 5.97 Å². The Morgan fingerprint density at radius 3 is 2.55 bits per heavy atom. The fourth-order valence-electron chi connectivity index (χ4n) is 2.70. The van der Waals surface area contributed by atoms with Crippen LogP contribution in [-0.4, -0.2) is 42.5 Å². The van der Waals surface area contributed by atoms with E-state index in [0.29, 0.717) is 5.56 Å². The lowest BCUT2D eigenvalue weighted by Crippen LogP contribution is -2.44. The van der Waals surface area contributed by atoms with Gasteiger partial charge in [-0.05, 0) is 32.9 Å². The summed E-state index contributed by atoms with van der Waals surface area (Å²) in [5.74, 6) is -1.40. The summed E-state index contributed by atoms with van der Waals surface area (Å²) in [6.45, 7) is 4.59. The lowest BCUT2D eigenvalue weighted by molar-refractivity contribution is -0.222. The van der Waals surface area contributed by atoms with Crippen molar-refractivity contribution in [2.24, 2.45) is 0 Å². The summed E-state index contributed by atoms with van der Waals surface area (Å²) >= 11 is 0. The normalized spacial score (nSPS) is 36.1. The second-order valence-corrected chi connectivity index (χ2v) is 6.16. The highest BCUT2D eigenvalue weighted by Crippen LogP contribution is 2.44. The quantitative estimate of drug-likeness (QED) is 0.803. The molecule has 2 heterocycles. The van der Waals surface area contributed by atoms with Gasteiger partial charge in [0.1, 0.15) is 18.8 Å². The molecule has 0 spiro atoms. The van der Waals surface area contributed by atoms with Crippen molar-refractivity contribution >= 4 is 5.97 Å². The fourth-order valence-corrected chi connectivity index (χ4v) is 2.70. The first-order valence-electron chi connectivity index (χ1n) is 7.22. The number of carbonyl (C=O) groups is 1. The van der Waals surface area contributed by atoms with E-state index in [1.54, 1.807) is 44.2 Å². The minimum Gasteiger partial charge on any atom is -0.459 e. The highest BCUT2D eigenvalue weighted by molar-refractivity contribution is 5.89. The Morgan fingerprint density at radius 1 is 1.23 bits per heavy atom. The lowest BCUT2D eigenvalue weighted by atomic mass is 9.97. The van der Waals surface area contributed by atoms with E-state index in [1.807, 2.05) is 0 Å². The van der Waals surface area contributed by atoms with E-state index < -0.39 is 35.9 Å². The maximum Gasteiger partial charge on any atom is 0.338 e. The standard InChI is InChI=1S/C16H19FO5/c1-15(2)21-12-14(22-15)20-11(16(12,3)17)9-19-13(18)10-7-5-4-6-8-10/h4-8,11-12,14H,9H2,1-3H3/t11-,12+,14-,16-/m1/s1. The molecule has 2 aliphatic heterocycles. The molecule has 2 aliphatic rings. The number of carbonyl (C=O) groups excluding carboxylic acids is 1. The number of hydrogen-bond donors (Lipinski definition) is 0. The molecular weight excluding hydrogens is 291 g/mol. The van der Waals surface area contributed by atoms with Gasteiger partial charge in [0.15, 0.2) is 17.7 Å². The Labute approximate surface area is 128 Å². The second-order valence-electron chi connectivity index (χ2n) is 6.16. The molecule has 5 nitrogen and oxygen atoms in total. The first kappa shape index (κ1) is 15.4. The van der Waals surface area contributed by atoms with Crippen molar-refractivity contribution in [1.82, 2.24) is 0 Å². The van der Waals surface area contributed by atoms with E-state index in [2.05, 4.69) is 0 Å². The Kier molecular flexibility index (Phi) is 3.71. The highest BCUT2D eigenvalue weighted by atomic mass is 19.1. The summed E-state index contributed by atoms with van der Waals surface area (Å²) in [5.41, 5.74) is -1.38. The Balaban J connectivity index is 1.62. The largest absolute Gasteiger partial charge is 0.459 e. The molecule has 0 aromatic heterocycles. The fraction of sp³-hybridized carbons (Fsp3) is 0.562. The zero-order valence-electron chi connectivity index (χ0n) is 12.7. The van der Waals surface area contributed by atoms with Gasteiger partial charge in [-0.1, -0.05) is 18.2 Å². The van der Waals surface area contributed by atoms with Gasteiger partial charge in [-0.3, -0.25) is 0 Å². The summed E-state index contributed by atoms with van der Waals surface area (Å²) in [4.78, 5) is 11.9. The van der Waals surface area contributed by atoms with E-state index in [0.717, 1.165) is 0 Å². The van der Waals surface area contributed by atoms with Crippen molar-refractivity contribution in [3.63, 3.8) is 0 Å². The maximum absolute atomic E-state index is 14.9. The maximum atomic E-state index is 14.9. The molecule has 3 rings (SSSR count). The monoisotopic (exact) mass is 310 g/mol. The average Bonchev–Trinajstić information content (AvgIpc) is 2.89. The molecule has 22 heavy (non-hydrogen) atoms. The molecule has 120 valence electrons. The van der Waals surface area contributed by atoms with E-state index in [1.165, 1.54) is 6.92 Å². The molecule has 1 aromatic rings. The van der Waals surface area contributed by atoms with E-state index in [4.69, 9.17) is 18.9 Å². The van der Waals surface area contributed by atoms with Crippen LogP contribution in [0.4, 0.5) is 4.39 Å². The predicted octanol–water partition coefficient (Wildman–Crippen LogP) is 2.45. The first-order valence-corrected chi connectivity index (χ1v) is 7.22. The van der Waals surface area contributed by atoms with E-state index in [-0.39, 0.29) is 6.61 Å². The van der Waals surface area contributed by atoms with Crippen molar-refractivity contribution in [1.29, 1.82) is 0 Å². The number of ether oxygens (including phenoxy) is 4. The molecule has 6 heteroatoms. The van der Waals surface area contributed by atoms with Gasteiger partial charge in [0.05, 0.1) is 5.56 Å². The van der Waals surface area contributed by atoms with E-state index >= 15 is 0 Å². The Bertz CT molecular complexity index is 557. The molecule has 0 radical (unpaired) electrons. The van der Waals surface area contributed by atoms with Crippen LogP contribution >= 0.6 is 0 Å². The molecule has 2 saturated heterocycles. The van der Waals surface area contributed by atoms with Gasteiger partial charge in [-0.2, -0.15) is 0 Å². The van der Waals surface area contributed by atoms with Gasteiger partial charge in [-0.15, -0.1) is 0 Å². The minimum absolute atomic E-state index is 0.194. The molecule has 0 amide bonds. The molecule has 0 N–H and O–H groups in total. The summed E-state index contributed by atoms with van der Waals surface area (Å²) in [7, 11) is 0.